The second-order valence-electron chi connectivity index (χ2n) is 4.13. The van der Waals surface area contributed by atoms with E-state index in [0.29, 0.717) is 6.42 Å². The number of rotatable bonds is 2. The molecule has 2 rings (SSSR count). The van der Waals surface area contributed by atoms with E-state index < -0.39 is 21.7 Å². The van der Waals surface area contributed by atoms with Crippen molar-refractivity contribution in [1.29, 1.82) is 0 Å². The van der Waals surface area contributed by atoms with Crippen LogP contribution < -0.4 is 9.86 Å². The minimum absolute atomic E-state index is 0.144. The van der Waals surface area contributed by atoms with Crippen molar-refractivity contribution >= 4 is 21.8 Å². The van der Waals surface area contributed by atoms with Gasteiger partial charge in [-0.15, -0.1) is 0 Å². The number of carbonyl (C=O) groups is 1. The highest BCUT2D eigenvalue weighted by Crippen LogP contribution is 2.43. The van der Waals surface area contributed by atoms with E-state index in [9.17, 15) is 13.2 Å². The van der Waals surface area contributed by atoms with Gasteiger partial charge in [-0.3, -0.25) is 4.79 Å². The van der Waals surface area contributed by atoms with Crippen molar-refractivity contribution in [2.24, 2.45) is 16.2 Å². The Morgan fingerprint density at radius 2 is 2.38 bits per heavy atom. The second-order valence-corrected chi connectivity index (χ2v) is 5.43. The van der Waals surface area contributed by atoms with Gasteiger partial charge in [-0.25, -0.2) is 9.86 Å². The van der Waals surface area contributed by atoms with E-state index in [-0.39, 0.29) is 5.92 Å². The lowest BCUT2D eigenvalue weighted by atomic mass is 9.88. The highest BCUT2D eigenvalue weighted by atomic mass is 32.2. The third-order valence-corrected chi connectivity index (χ3v) is 3.55. The molecule has 1 heterocycles. The molecule has 2 aliphatic rings. The Kier molecular flexibility index (Phi) is 2.43. The van der Waals surface area contributed by atoms with Crippen molar-refractivity contribution in [2.75, 3.05) is 0 Å². The standard InChI is InChI=1S/C8H13N3O4S/c1-5-6-3-2-4-8(6,15-10-5)7(12)11-16(9,13)14/h6H,2-4H2,1H3,(H,11,12)(H2,9,13,14). The van der Waals surface area contributed by atoms with Crippen molar-refractivity contribution in [3.8, 4) is 0 Å². The molecule has 1 fully saturated rings. The van der Waals surface area contributed by atoms with Gasteiger partial charge in [-0.2, -0.15) is 8.42 Å². The topological polar surface area (TPSA) is 111 Å². The Morgan fingerprint density at radius 1 is 1.69 bits per heavy atom. The van der Waals surface area contributed by atoms with Gasteiger partial charge in [0.05, 0.1) is 11.6 Å². The van der Waals surface area contributed by atoms with E-state index in [4.69, 9.17) is 9.98 Å². The molecule has 0 aromatic carbocycles. The summed E-state index contributed by atoms with van der Waals surface area (Å²) in [5.74, 6) is -0.868. The molecular weight excluding hydrogens is 234 g/mol. The first kappa shape index (κ1) is 11.3. The van der Waals surface area contributed by atoms with E-state index in [1.807, 2.05) is 0 Å². The number of fused-ring (bicyclic) bond motifs is 1. The van der Waals surface area contributed by atoms with Crippen LogP contribution in [0.4, 0.5) is 0 Å². The molecule has 0 aromatic heterocycles. The molecule has 0 radical (unpaired) electrons. The number of hydrogen-bond donors (Lipinski definition) is 2. The zero-order valence-electron chi connectivity index (χ0n) is 8.76. The number of nitrogens with two attached hydrogens (primary N) is 1. The molecule has 0 bridgehead atoms. The van der Waals surface area contributed by atoms with Gasteiger partial charge in [0.25, 0.3) is 16.1 Å². The van der Waals surface area contributed by atoms with Crippen LogP contribution in [0.1, 0.15) is 26.2 Å². The van der Waals surface area contributed by atoms with Crippen molar-refractivity contribution in [3.63, 3.8) is 0 Å². The fourth-order valence-corrected chi connectivity index (χ4v) is 2.81. The summed E-state index contributed by atoms with van der Waals surface area (Å²) < 4.78 is 23.4. The summed E-state index contributed by atoms with van der Waals surface area (Å²) in [4.78, 5) is 17.0. The van der Waals surface area contributed by atoms with Gasteiger partial charge in [-0.1, -0.05) is 5.16 Å². The van der Waals surface area contributed by atoms with E-state index >= 15 is 0 Å². The molecule has 1 aliphatic carbocycles. The van der Waals surface area contributed by atoms with Crippen molar-refractivity contribution in [2.45, 2.75) is 31.8 Å². The molecule has 1 aliphatic heterocycles. The van der Waals surface area contributed by atoms with Gasteiger partial charge in [0.2, 0.25) is 5.60 Å². The molecule has 8 heteroatoms. The van der Waals surface area contributed by atoms with Crippen molar-refractivity contribution in [3.05, 3.63) is 0 Å². The van der Waals surface area contributed by atoms with Crippen LogP contribution in [-0.2, 0) is 19.8 Å². The first-order chi connectivity index (χ1) is 7.35. The average molecular weight is 247 g/mol. The maximum absolute atomic E-state index is 11.8. The van der Waals surface area contributed by atoms with Gasteiger partial charge in [0.1, 0.15) is 0 Å². The second kappa shape index (κ2) is 3.42. The predicted octanol–water partition coefficient (Wildman–Crippen LogP) is -0.749. The van der Waals surface area contributed by atoms with E-state index in [1.165, 1.54) is 0 Å². The summed E-state index contributed by atoms with van der Waals surface area (Å²) in [6.45, 7) is 1.77. The third-order valence-electron chi connectivity index (χ3n) is 3.08. The Morgan fingerprint density at radius 3 is 3.00 bits per heavy atom. The quantitative estimate of drug-likeness (QED) is 0.668. The maximum Gasteiger partial charge on any atom is 0.298 e. The minimum atomic E-state index is -4.05. The molecule has 0 aromatic rings. The Hall–Kier alpha value is -1.15. The van der Waals surface area contributed by atoms with Gasteiger partial charge in [-0.05, 0) is 26.2 Å². The minimum Gasteiger partial charge on any atom is -0.378 e. The summed E-state index contributed by atoms with van der Waals surface area (Å²) in [5, 5.41) is 8.53. The van der Waals surface area contributed by atoms with Crippen LogP contribution in [0.2, 0.25) is 0 Å². The van der Waals surface area contributed by atoms with Crippen LogP contribution >= 0.6 is 0 Å². The molecule has 0 saturated heterocycles. The maximum atomic E-state index is 11.8. The highest BCUT2D eigenvalue weighted by molar-refractivity contribution is 7.87. The predicted molar refractivity (Wildman–Crippen MR) is 55.5 cm³/mol. The Labute approximate surface area is 93.2 Å². The number of carbonyl (C=O) groups excluding carboxylic acids is 1. The lowest BCUT2D eigenvalue weighted by molar-refractivity contribution is -0.144. The Bertz CT molecular complexity index is 458. The number of amides is 1. The molecule has 90 valence electrons. The summed E-state index contributed by atoms with van der Waals surface area (Å²) in [6.07, 6.45) is 2.03. The molecule has 3 N–H and O–H groups in total. The fraction of sp³-hybridized carbons (Fsp3) is 0.750. The summed E-state index contributed by atoms with van der Waals surface area (Å²) in [7, 11) is -4.05. The average Bonchev–Trinajstić information content (AvgIpc) is 2.65. The monoisotopic (exact) mass is 247 g/mol. The lowest BCUT2D eigenvalue weighted by Crippen LogP contribution is -2.52. The van der Waals surface area contributed by atoms with E-state index in [1.54, 1.807) is 11.6 Å². The number of oxime groups is 1. The highest BCUT2D eigenvalue weighted by Gasteiger charge is 2.57. The van der Waals surface area contributed by atoms with Crippen molar-refractivity contribution < 1.29 is 18.0 Å². The summed E-state index contributed by atoms with van der Waals surface area (Å²) in [5.41, 5.74) is -0.446. The number of nitrogens with zero attached hydrogens (tertiary/aromatic N) is 1. The smallest absolute Gasteiger partial charge is 0.298 e. The number of nitrogens with one attached hydrogen (secondary N) is 1. The summed E-state index contributed by atoms with van der Waals surface area (Å²) in [6, 6.07) is 0. The molecular formula is C8H13N3O4S. The lowest BCUT2D eigenvalue weighted by Gasteiger charge is -2.24. The Balaban J connectivity index is 2.24. The first-order valence-electron chi connectivity index (χ1n) is 4.93. The van der Waals surface area contributed by atoms with E-state index in [2.05, 4.69) is 5.16 Å². The van der Waals surface area contributed by atoms with Crippen LogP contribution in [0.25, 0.3) is 0 Å². The SMILES string of the molecule is CC1=NOC2(C(=O)NS(N)(=O)=O)CCCC12. The van der Waals surface area contributed by atoms with Crippen LogP contribution in [0.3, 0.4) is 0 Å². The van der Waals surface area contributed by atoms with Crippen LogP contribution in [0.15, 0.2) is 5.16 Å². The van der Waals surface area contributed by atoms with Gasteiger partial charge in [0.15, 0.2) is 0 Å². The zero-order valence-corrected chi connectivity index (χ0v) is 9.58. The molecule has 2 atom stereocenters. The zero-order chi connectivity index (χ0) is 12.0. The van der Waals surface area contributed by atoms with Crippen LogP contribution in [0, 0.1) is 5.92 Å². The van der Waals surface area contributed by atoms with Crippen LogP contribution in [-0.4, -0.2) is 25.6 Å². The van der Waals surface area contributed by atoms with E-state index in [0.717, 1.165) is 18.6 Å². The van der Waals surface area contributed by atoms with Crippen molar-refractivity contribution in [1.82, 2.24) is 4.72 Å². The molecule has 0 spiro atoms. The fourth-order valence-electron chi connectivity index (χ4n) is 2.38. The molecule has 1 amide bonds. The molecule has 16 heavy (non-hydrogen) atoms. The summed E-state index contributed by atoms with van der Waals surface area (Å²) >= 11 is 0. The van der Waals surface area contributed by atoms with Gasteiger partial charge >= 0.3 is 0 Å². The molecule has 2 unspecified atom stereocenters. The molecule has 1 saturated carbocycles. The largest absolute Gasteiger partial charge is 0.378 e. The van der Waals surface area contributed by atoms with Crippen LogP contribution in [0.5, 0.6) is 0 Å². The van der Waals surface area contributed by atoms with Gasteiger partial charge in [0, 0.05) is 0 Å². The normalized spacial score (nSPS) is 32.9. The first-order valence-corrected chi connectivity index (χ1v) is 6.47. The third kappa shape index (κ3) is 1.67. The van der Waals surface area contributed by atoms with Gasteiger partial charge < -0.3 is 4.84 Å². The molecule has 7 nitrogen and oxygen atoms in total. The number of hydrogen-bond acceptors (Lipinski definition) is 5.